The van der Waals surface area contributed by atoms with Gasteiger partial charge in [0.15, 0.2) is 9.84 Å². The fourth-order valence-electron chi connectivity index (χ4n) is 4.85. The normalized spacial score (nSPS) is 17.5. The molecule has 190 valence electrons. The Kier molecular flexibility index (Phi) is 7.61. The van der Waals surface area contributed by atoms with Crippen molar-refractivity contribution in [3.05, 3.63) is 46.8 Å². The van der Waals surface area contributed by atoms with E-state index in [4.69, 9.17) is 14.6 Å². The van der Waals surface area contributed by atoms with Gasteiger partial charge in [-0.2, -0.15) is 5.10 Å². The molecule has 0 unspecified atom stereocenters. The van der Waals surface area contributed by atoms with Crippen molar-refractivity contribution in [2.45, 2.75) is 56.9 Å². The number of nitrogens with one attached hydrogen (secondary N) is 1. The molecule has 0 radical (unpaired) electrons. The molecule has 0 bridgehead atoms. The van der Waals surface area contributed by atoms with Gasteiger partial charge < -0.3 is 14.8 Å². The summed E-state index contributed by atoms with van der Waals surface area (Å²) >= 11 is 0. The summed E-state index contributed by atoms with van der Waals surface area (Å²) < 4.78 is 35.9. The molecule has 2 aliphatic rings. The van der Waals surface area contributed by atoms with E-state index in [0.717, 1.165) is 43.2 Å². The molecular weight excluding hydrogens is 470 g/mol. The van der Waals surface area contributed by atoms with Crippen molar-refractivity contribution in [1.29, 1.82) is 0 Å². The zero-order valence-corrected chi connectivity index (χ0v) is 21.2. The molecule has 3 heterocycles. The van der Waals surface area contributed by atoms with Crippen LogP contribution in [0.4, 0.5) is 0 Å². The van der Waals surface area contributed by atoms with Crippen LogP contribution in [0.2, 0.25) is 0 Å². The van der Waals surface area contributed by atoms with Crippen molar-refractivity contribution in [3.63, 3.8) is 0 Å². The van der Waals surface area contributed by atoms with E-state index in [0.29, 0.717) is 50.4 Å². The number of fused-ring (bicyclic) bond motifs is 1. The van der Waals surface area contributed by atoms with Crippen LogP contribution in [-0.4, -0.2) is 62.7 Å². The Labute approximate surface area is 206 Å². The smallest absolute Gasteiger partial charge is 0.338 e. The molecule has 35 heavy (non-hydrogen) atoms. The first-order chi connectivity index (χ1) is 16.7. The lowest BCUT2D eigenvalue weighted by atomic mass is 9.75. The SMILES string of the molecule is CCn1nc(CCCCOC(=O)c2ccc(S(C)(=O)=O)cc2)c2c1C(=O)NCC1(CCOCC1)C2. The number of benzene rings is 1. The topological polar surface area (TPSA) is 117 Å². The molecule has 9 nitrogen and oxygen atoms in total. The van der Waals surface area contributed by atoms with Gasteiger partial charge in [-0.05, 0) is 75.1 Å². The molecule has 0 atom stereocenters. The van der Waals surface area contributed by atoms with E-state index in [1.165, 1.54) is 24.3 Å². The Balaban J connectivity index is 1.35. The van der Waals surface area contributed by atoms with Gasteiger partial charge in [-0.25, -0.2) is 13.2 Å². The van der Waals surface area contributed by atoms with Crippen molar-refractivity contribution >= 4 is 21.7 Å². The molecule has 0 saturated carbocycles. The number of carbonyl (C=O) groups excluding carboxylic acids is 2. The summed E-state index contributed by atoms with van der Waals surface area (Å²) in [5.74, 6) is -0.535. The lowest BCUT2D eigenvalue weighted by Crippen LogP contribution is -2.40. The predicted octanol–water partition coefficient (Wildman–Crippen LogP) is 2.57. The summed E-state index contributed by atoms with van der Waals surface area (Å²) in [5.41, 5.74) is 3.00. The third-order valence-electron chi connectivity index (χ3n) is 6.94. The first kappa shape index (κ1) is 25.4. The van der Waals surface area contributed by atoms with Gasteiger partial charge in [-0.15, -0.1) is 0 Å². The molecule has 1 saturated heterocycles. The molecule has 1 N–H and O–H groups in total. The van der Waals surface area contributed by atoms with E-state index in [-0.39, 0.29) is 22.8 Å². The minimum atomic E-state index is -3.31. The van der Waals surface area contributed by atoms with Crippen LogP contribution in [0, 0.1) is 5.41 Å². The van der Waals surface area contributed by atoms with Gasteiger partial charge in [0.2, 0.25) is 0 Å². The first-order valence-corrected chi connectivity index (χ1v) is 14.0. The second kappa shape index (κ2) is 10.5. The summed E-state index contributed by atoms with van der Waals surface area (Å²) in [7, 11) is -3.31. The molecule has 2 aliphatic heterocycles. The second-order valence-corrected chi connectivity index (χ2v) is 11.5. The fourth-order valence-corrected chi connectivity index (χ4v) is 5.48. The van der Waals surface area contributed by atoms with E-state index >= 15 is 0 Å². The molecule has 1 aromatic carbocycles. The standard InChI is InChI=1S/C25H33N3O6S/c1-3-28-22-20(16-25(17-26-23(22)29)11-14-33-15-12-25)21(27-28)6-4-5-13-34-24(30)18-7-9-19(10-8-18)35(2,31)32/h7-10H,3-6,11-17H2,1-2H3,(H,26,29). The van der Waals surface area contributed by atoms with Crippen LogP contribution in [0.25, 0.3) is 0 Å². The maximum Gasteiger partial charge on any atom is 0.338 e. The van der Waals surface area contributed by atoms with E-state index in [9.17, 15) is 18.0 Å². The summed E-state index contributed by atoms with van der Waals surface area (Å²) in [6, 6.07) is 5.73. The number of amides is 1. The molecular formula is C25H33N3O6S. The molecule has 10 heteroatoms. The highest BCUT2D eigenvalue weighted by Gasteiger charge is 2.39. The maximum atomic E-state index is 12.9. The van der Waals surface area contributed by atoms with E-state index in [1.807, 2.05) is 6.92 Å². The van der Waals surface area contributed by atoms with Crippen molar-refractivity contribution in [2.75, 3.05) is 32.6 Å². The summed E-state index contributed by atoms with van der Waals surface area (Å²) in [6.07, 6.45) is 5.92. The van der Waals surface area contributed by atoms with Gasteiger partial charge in [-0.3, -0.25) is 9.48 Å². The number of sulfone groups is 1. The van der Waals surface area contributed by atoms with Gasteiger partial charge in [0, 0.05) is 38.1 Å². The quantitative estimate of drug-likeness (QED) is 0.435. The number of hydrogen-bond donors (Lipinski definition) is 1. The van der Waals surface area contributed by atoms with Crippen LogP contribution in [0.3, 0.4) is 0 Å². The summed E-state index contributed by atoms with van der Waals surface area (Å²) in [4.78, 5) is 25.3. The van der Waals surface area contributed by atoms with Gasteiger partial charge in [0.05, 0.1) is 22.8 Å². The lowest BCUT2D eigenvalue weighted by molar-refractivity contribution is 0.0160. The Morgan fingerprint density at radius 2 is 1.91 bits per heavy atom. The van der Waals surface area contributed by atoms with E-state index in [2.05, 4.69) is 5.32 Å². The Morgan fingerprint density at radius 3 is 2.57 bits per heavy atom. The highest BCUT2D eigenvalue weighted by atomic mass is 32.2. The molecule has 1 aromatic heterocycles. The molecule has 1 amide bonds. The third kappa shape index (κ3) is 5.75. The molecule has 1 fully saturated rings. The number of aryl methyl sites for hydroxylation is 2. The Bertz CT molecular complexity index is 1180. The van der Waals surface area contributed by atoms with Crippen molar-refractivity contribution in [1.82, 2.24) is 15.1 Å². The molecule has 4 rings (SSSR count). The largest absolute Gasteiger partial charge is 0.462 e. The third-order valence-corrected chi connectivity index (χ3v) is 8.07. The van der Waals surface area contributed by atoms with Crippen LogP contribution in [0.1, 0.15) is 64.7 Å². The predicted molar refractivity (Wildman–Crippen MR) is 129 cm³/mol. The fraction of sp³-hybridized carbons (Fsp3) is 0.560. The van der Waals surface area contributed by atoms with Crippen LogP contribution < -0.4 is 5.32 Å². The highest BCUT2D eigenvalue weighted by Crippen LogP contribution is 2.37. The number of esters is 1. The number of rotatable bonds is 8. The average molecular weight is 504 g/mol. The molecule has 1 spiro atoms. The zero-order valence-electron chi connectivity index (χ0n) is 20.3. The van der Waals surface area contributed by atoms with Crippen LogP contribution >= 0.6 is 0 Å². The Morgan fingerprint density at radius 1 is 1.20 bits per heavy atom. The van der Waals surface area contributed by atoms with Crippen molar-refractivity contribution < 1.29 is 27.5 Å². The number of unbranched alkanes of at least 4 members (excludes halogenated alkanes) is 1. The first-order valence-electron chi connectivity index (χ1n) is 12.1. The van der Waals surface area contributed by atoms with Gasteiger partial charge in [0.1, 0.15) is 5.69 Å². The number of carbonyl (C=O) groups is 2. The van der Waals surface area contributed by atoms with Crippen molar-refractivity contribution in [3.8, 4) is 0 Å². The Hall–Kier alpha value is -2.72. The summed E-state index contributed by atoms with van der Waals surface area (Å²) in [6.45, 7) is 4.96. The van der Waals surface area contributed by atoms with Gasteiger partial charge in [0.25, 0.3) is 5.91 Å². The minimum absolute atomic E-state index is 0.0116. The molecule has 0 aliphatic carbocycles. The molecule has 2 aromatic rings. The van der Waals surface area contributed by atoms with Gasteiger partial charge in [-0.1, -0.05) is 0 Å². The monoisotopic (exact) mass is 503 g/mol. The number of ether oxygens (including phenoxy) is 2. The lowest BCUT2D eigenvalue weighted by Gasteiger charge is -2.36. The second-order valence-electron chi connectivity index (χ2n) is 9.45. The van der Waals surface area contributed by atoms with Crippen LogP contribution in [0.5, 0.6) is 0 Å². The van der Waals surface area contributed by atoms with Gasteiger partial charge >= 0.3 is 5.97 Å². The average Bonchev–Trinajstić information content (AvgIpc) is 3.12. The maximum absolute atomic E-state index is 12.9. The summed E-state index contributed by atoms with van der Waals surface area (Å²) in [5, 5.41) is 7.88. The number of hydrogen-bond acceptors (Lipinski definition) is 7. The number of aromatic nitrogens is 2. The van der Waals surface area contributed by atoms with E-state index in [1.54, 1.807) is 4.68 Å². The zero-order chi connectivity index (χ0) is 25.1. The minimum Gasteiger partial charge on any atom is -0.462 e. The number of nitrogens with zero attached hydrogens (tertiary/aromatic N) is 2. The van der Waals surface area contributed by atoms with Crippen LogP contribution in [0.15, 0.2) is 29.2 Å². The van der Waals surface area contributed by atoms with Crippen molar-refractivity contribution in [2.24, 2.45) is 5.41 Å². The van der Waals surface area contributed by atoms with Crippen LogP contribution in [-0.2, 0) is 38.7 Å². The highest BCUT2D eigenvalue weighted by molar-refractivity contribution is 7.90. The van der Waals surface area contributed by atoms with E-state index < -0.39 is 15.8 Å².